The average Bonchev–Trinajstić information content (AvgIpc) is 2.25. The number of nitrogen functional groups attached to an aromatic ring is 1. The van der Waals surface area contributed by atoms with E-state index in [-0.39, 0.29) is 12.5 Å². The number of carbonyl (C=O) groups is 2. The summed E-state index contributed by atoms with van der Waals surface area (Å²) in [4.78, 5) is 22.1. The van der Waals surface area contributed by atoms with Crippen LogP contribution >= 0.6 is 0 Å². The SMILES string of the molecule is CNC(=O)c1ccc(N)cc1NCC(N)=O. The van der Waals surface area contributed by atoms with Crippen LogP contribution in [0.5, 0.6) is 0 Å². The maximum Gasteiger partial charge on any atom is 0.253 e. The number of benzene rings is 1. The topological polar surface area (TPSA) is 110 Å². The van der Waals surface area contributed by atoms with Gasteiger partial charge in [0, 0.05) is 18.4 Å². The molecule has 2 amide bonds. The van der Waals surface area contributed by atoms with Gasteiger partial charge in [-0.25, -0.2) is 0 Å². The largest absolute Gasteiger partial charge is 0.399 e. The highest BCUT2D eigenvalue weighted by Gasteiger charge is 2.10. The van der Waals surface area contributed by atoms with Crippen molar-refractivity contribution in [1.82, 2.24) is 5.32 Å². The Balaban J connectivity index is 2.98. The maximum atomic E-state index is 11.5. The molecule has 0 aliphatic heterocycles. The van der Waals surface area contributed by atoms with Crippen molar-refractivity contribution in [3.05, 3.63) is 23.8 Å². The second-order valence-electron chi connectivity index (χ2n) is 3.20. The van der Waals surface area contributed by atoms with E-state index in [1.165, 1.54) is 7.05 Å². The Labute approximate surface area is 93.0 Å². The third-order valence-electron chi connectivity index (χ3n) is 1.97. The fraction of sp³-hybridized carbons (Fsp3) is 0.200. The van der Waals surface area contributed by atoms with E-state index < -0.39 is 5.91 Å². The van der Waals surface area contributed by atoms with Crippen LogP contribution < -0.4 is 22.1 Å². The van der Waals surface area contributed by atoms with Gasteiger partial charge in [-0.05, 0) is 18.2 Å². The molecule has 1 aromatic rings. The summed E-state index contributed by atoms with van der Waals surface area (Å²) in [7, 11) is 1.52. The molecule has 6 N–H and O–H groups in total. The van der Waals surface area contributed by atoms with Gasteiger partial charge in [-0.15, -0.1) is 0 Å². The first-order valence-electron chi connectivity index (χ1n) is 4.68. The van der Waals surface area contributed by atoms with Gasteiger partial charge in [0.05, 0.1) is 12.1 Å². The van der Waals surface area contributed by atoms with Crippen LogP contribution in [0.4, 0.5) is 11.4 Å². The Morgan fingerprint density at radius 2 is 2.06 bits per heavy atom. The first-order chi connectivity index (χ1) is 7.54. The van der Waals surface area contributed by atoms with E-state index in [0.717, 1.165) is 0 Å². The minimum atomic E-state index is -0.509. The molecule has 1 aromatic carbocycles. The Morgan fingerprint density at radius 1 is 1.38 bits per heavy atom. The smallest absolute Gasteiger partial charge is 0.253 e. The second kappa shape index (κ2) is 5.01. The Hall–Kier alpha value is -2.24. The van der Waals surface area contributed by atoms with Crippen molar-refractivity contribution in [2.45, 2.75) is 0 Å². The Kier molecular flexibility index (Phi) is 3.71. The molecule has 0 radical (unpaired) electrons. The predicted octanol–water partition coefficient (Wildman–Crippen LogP) is -0.474. The van der Waals surface area contributed by atoms with Crippen molar-refractivity contribution >= 4 is 23.2 Å². The van der Waals surface area contributed by atoms with Crippen molar-refractivity contribution < 1.29 is 9.59 Å². The first kappa shape index (κ1) is 11.8. The molecule has 0 atom stereocenters. The van der Waals surface area contributed by atoms with E-state index in [4.69, 9.17) is 11.5 Å². The third-order valence-corrected chi connectivity index (χ3v) is 1.97. The Bertz CT molecular complexity index is 417. The number of carbonyl (C=O) groups excluding carboxylic acids is 2. The summed E-state index contributed by atoms with van der Waals surface area (Å²) in [6.07, 6.45) is 0. The summed E-state index contributed by atoms with van der Waals surface area (Å²) in [5, 5.41) is 5.25. The number of amides is 2. The lowest BCUT2D eigenvalue weighted by Gasteiger charge is -2.10. The molecule has 86 valence electrons. The summed E-state index contributed by atoms with van der Waals surface area (Å²) in [6, 6.07) is 4.77. The number of rotatable bonds is 4. The van der Waals surface area contributed by atoms with Gasteiger partial charge in [-0.2, -0.15) is 0 Å². The summed E-state index contributed by atoms with van der Waals surface area (Å²) < 4.78 is 0. The van der Waals surface area contributed by atoms with Gasteiger partial charge >= 0.3 is 0 Å². The van der Waals surface area contributed by atoms with E-state index in [2.05, 4.69) is 10.6 Å². The molecular weight excluding hydrogens is 208 g/mol. The molecule has 0 heterocycles. The van der Waals surface area contributed by atoms with Crippen molar-refractivity contribution in [3.8, 4) is 0 Å². The maximum absolute atomic E-state index is 11.5. The van der Waals surface area contributed by atoms with Gasteiger partial charge in [0.2, 0.25) is 5.91 Å². The van der Waals surface area contributed by atoms with Crippen molar-refractivity contribution in [1.29, 1.82) is 0 Å². The van der Waals surface area contributed by atoms with E-state index in [1.807, 2.05) is 0 Å². The molecule has 0 bridgehead atoms. The number of anilines is 2. The quantitative estimate of drug-likeness (QED) is 0.516. The fourth-order valence-corrected chi connectivity index (χ4v) is 1.22. The van der Waals surface area contributed by atoms with Crippen LogP contribution in [0.25, 0.3) is 0 Å². The molecule has 0 aliphatic rings. The number of hydrogen-bond donors (Lipinski definition) is 4. The summed E-state index contributed by atoms with van der Waals surface area (Å²) in [6.45, 7) is -0.0482. The number of nitrogens with two attached hydrogens (primary N) is 2. The van der Waals surface area contributed by atoms with Crippen LogP contribution in [-0.2, 0) is 4.79 Å². The zero-order valence-electron chi connectivity index (χ0n) is 8.91. The van der Waals surface area contributed by atoms with Crippen LogP contribution in [0.2, 0.25) is 0 Å². The predicted molar refractivity (Wildman–Crippen MR) is 61.9 cm³/mol. The van der Waals surface area contributed by atoms with Crippen molar-refractivity contribution in [3.63, 3.8) is 0 Å². The fourth-order valence-electron chi connectivity index (χ4n) is 1.22. The van der Waals surface area contributed by atoms with Crippen LogP contribution in [0.1, 0.15) is 10.4 Å². The van der Waals surface area contributed by atoms with Gasteiger partial charge in [-0.3, -0.25) is 9.59 Å². The minimum Gasteiger partial charge on any atom is -0.399 e. The molecule has 0 saturated heterocycles. The zero-order valence-corrected chi connectivity index (χ0v) is 8.91. The van der Waals surface area contributed by atoms with Crippen LogP contribution in [-0.4, -0.2) is 25.4 Å². The van der Waals surface area contributed by atoms with Gasteiger partial charge in [0.25, 0.3) is 5.91 Å². The highest BCUT2D eigenvalue weighted by Crippen LogP contribution is 2.18. The van der Waals surface area contributed by atoms with Crippen LogP contribution in [0.15, 0.2) is 18.2 Å². The lowest BCUT2D eigenvalue weighted by molar-refractivity contribution is -0.116. The average molecular weight is 222 g/mol. The molecule has 0 aliphatic carbocycles. The lowest BCUT2D eigenvalue weighted by Crippen LogP contribution is -2.24. The van der Waals surface area contributed by atoms with Gasteiger partial charge in [0.1, 0.15) is 0 Å². The lowest BCUT2D eigenvalue weighted by atomic mass is 10.1. The first-order valence-corrected chi connectivity index (χ1v) is 4.68. The van der Waals surface area contributed by atoms with Gasteiger partial charge in [0.15, 0.2) is 0 Å². The molecule has 16 heavy (non-hydrogen) atoms. The highest BCUT2D eigenvalue weighted by atomic mass is 16.2. The number of hydrogen-bond acceptors (Lipinski definition) is 4. The van der Waals surface area contributed by atoms with Gasteiger partial charge in [-0.1, -0.05) is 0 Å². The molecule has 1 rings (SSSR count). The van der Waals surface area contributed by atoms with E-state index >= 15 is 0 Å². The van der Waals surface area contributed by atoms with E-state index in [0.29, 0.717) is 16.9 Å². The molecule has 0 fully saturated rings. The third kappa shape index (κ3) is 2.88. The summed E-state index contributed by atoms with van der Waals surface area (Å²) in [5.41, 5.74) is 12.0. The molecule has 0 spiro atoms. The van der Waals surface area contributed by atoms with E-state index in [1.54, 1.807) is 18.2 Å². The Morgan fingerprint density at radius 3 is 2.62 bits per heavy atom. The summed E-state index contributed by atoms with van der Waals surface area (Å²) in [5.74, 6) is -0.766. The van der Waals surface area contributed by atoms with Crippen molar-refractivity contribution in [2.24, 2.45) is 5.73 Å². The molecule has 0 aromatic heterocycles. The second-order valence-corrected chi connectivity index (χ2v) is 3.20. The highest BCUT2D eigenvalue weighted by molar-refractivity contribution is 6.00. The van der Waals surface area contributed by atoms with Crippen LogP contribution in [0.3, 0.4) is 0 Å². The molecule has 6 nitrogen and oxygen atoms in total. The van der Waals surface area contributed by atoms with Crippen LogP contribution in [0, 0.1) is 0 Å². The molecule has 6 heteroatoms. The van der Waals surface area contributed by atoms with E-state index in [9.17, 15) is 9.59 Å². The monoisotopic (exact) mass is 222 g/mol. The molecule has 0 unspecified atom stereocenters. The normalized spacial score (nSPS) is 9.56. The standard InChI is InChI=1S/C10H14N4O2/c1-13-10(16)7-3-2-6(11)4-8(7)14-5-9(12)15/h2-4,14H,5,11H2,1H3,(H2,12,15)(H,13,16). The summed E-state index contributed by atoms with van der Waals surface area (Å²) >= 11 is 0. The molecule has 0 saturated carbocycles. The molecular formula is C10H14N4O2. The van der Waals surface area contributed by atoms with Gasteiger partial charge < -0.3 is 22.1 Å². The minimum absolute atomic E-state index is 0.0482. The number of nitrogens with one attached hydrogen (secondary N) is 2. The number of primary amides is 1. The van der Waals surface area contributed by atoms with Crippen molar-refractivity contribution in [2.75, 3.05) is 24.6 Å². The zero-order chi connectivity index (χ0) is 12.1.